The summed E-state index contributed by atoms with van der Waals surface area (Å²) in [5.74, 6) is -3.38. The van der Waals surface area contributed by atoms with Crippen LogP contribution in [0.15, 0.2) is 66.7 Å². The fourth-order valence-corrected chi connectivity index (χ4v) is 5.50. The van der Waals surface area contributed by atoms with Gasteiger partial charge in [0.05, 0.1) is 12.7 Å². The van der Waals surface area contributed by atoms with Gasteiger partial charge in [-0.25, -0.2) is 9.59 Å². The van der Waals surface area contributed by atoms with Crippen LogP contribution in [-0.2, 0) is 0 Å². The summed E-state index contributed by atoms with van der Waals surface area (Å²) in [6.07, 6.45) is 8.24. The number of fused-ring (bicyclic) bond motifs is 2. The van der Waals surface area contributed by atoms with Crippen molar-refractivity contribution in [1.29, 1.82) is 0 Å². The molecule has 5 rings (SSSR count). The number of carbonyl (C=O) groups is 3. The minimum atomic E-state index is -1.38. The number of phenolic OH excluding ortho intramolecular Hbond substituents is 1. The van der Waals surface area contributed by atoms with E-state index in [0.717, 1.165) is 13.0 Å². The maximum atomic E-state index is 12.6. The molecular formula is C39H40ClNO8. The average molecular weight is 686 g/mol. The Morgan fingerprint density at radius 1 is 0.816 bits per heavy atom. The highest BCUT2D eigenvalue weighted by Crippen LogP contribution is 2.37. The predicted octanol–water partition coefficient (Wildman–Crippen LogP) is 7.74. The zero-order chi connectivity index (χ0) is 35.1. The zero-order valence-corrected chi connectivity index (χ0v) is 29.1. The van der Waals surface area contributed by atoms with Crippen LogP contribution < -0.4 is 9.47 Å². The number of carboxylic acid groups (broad SMARTS) is 1. The maximum Gasteiger partial charge on any atom is 0.347 e. The molecule has 0 unspecified atom stereocenters. The second kappa shape index (κ2) is 16.6. The van der Waals surface area contributed by atoms with E-state index in [-0.39, 0.29) is 51.7 Å². The van der Waals surface area contributed by atoms with Crippen LogP contribution in [-0.4, -0.2) is 66.2 Å². The van der Waals surface area contributed by atoms with Gasteiger partial charge in [-0.1, -0.05) is 66.8 Å². The molecule has 1 aliphatic carbocycles. The monoisotopic (exact) mass is 685 g/mol. The molecule has 0 fully saturated rings. The molecule has 4 aromatic rings. The first-order valence-electron chi connectivity index (χ1n) is 15.3. The highest BCUT2D eigenvalue weighted by molar-refractivity contribution is 6.01. The number of aromatic carboxylic acids is 1. The maximum absolute atomic E-state index is 12.6. The molecule has 0 amide bonds. The van der Waals surface area contributed by atoms with Crippen molar-refractivity contribution in [2.45, 2.75) is 27.2 Å². The van der Waals surface area contributed by atoms with Crippen molar-refractivity contribution in [3.8, 4) is 23.0 Å². The average Bonchev–Trinajstić information content (AvgIpc) is 3.20. The van der Waals surface area contributed by atoms with Gasteiger partial charge in [0.2, 0.25) is 0 Å². The van der Waals surface area contributed by atoms with Crippen LogP contribution in [0, 0.1) is 20.8 Å². The first-order chi connectivity index (χ1) is 22.9. The smallest absolute Gasteiger partial charge is 0.347 e. The summed E-state index contributed by atoms with van der Waals surface area (Å²) in [5.41, 5.74) is 6.30. The number of methoxy groups -OCH3 is 1. The summed E-state index contributed by atoms with van der Waals surface area (Å²) in [4.78, 5) is 37.4. The largest absolute Gasteiger partial charge is 0.507 e. The van der Waals surface area contributed by atoms with Crippen molar-refractivity contribution >= 4 is 48.4 Å². The van der Waals surface area contributed by atoms with E-state index in [1.165, 1.54) is 67.8 Å². The van der Waals surface area contributed by atoms with Crippen LogP contribution >= 0.6 is 12.4 Å². The lowest BCUT2D eigenvalue weighted by Crippen LogP contribution is -2.14. The van der Waals surface area contributed by atoms with E-state index in [0.29, 0.717) is 11.8 Å². The number of rotatable bonds is 8. The second-order valence-electron chi connectivity index (χ2n) is 11.6. The predicted molar refractivity (Wildman–Crippen MR) is 194 cm³/mol. The highest BCUT2D eigenvalue weighted by Gasteiger charge is 2.26. The van der Waals surface area contributed by atoms with Crippen molar-refractivity contribution in [3.05, 3.63) is 122 Å². The lowest BCUT2D eigenvalue weighted by molar-refractivity contribution is 0.0681. The molecule has 10 heteroatoms. The van der Waals surface area contributed by atoms with Crippen LogP contribution in [0.4, 0.5) is 0 Å². The number of aromatic hydroxyl groups is 2. The Kier molecular flexibility index (Phi) is 12.9. The Balaban J connectivity index is 0.000000267. The summed E-state index contributed by atoms with van der Waals surface area (Å²) >= 11 is 0. The number of aldehydes is 1. The number of aryl methyl sites for hydroxylation is 2. The molecule has 0 atom stereocenters. The van der Waals surface area contributed by atoms with Crippen LogP contribution in [0.1, 0.15) is 76.4 Å². The van der Waals surface area contributed by atoms with Gasteiger partial charge in [0.1, 0.15) is 34.1 Å². The quantitative estimate of drug-likeness (QED) is 0.0852. The Morgan fingerprint density at radius 3 is 1.88 bits per heavy atom. The minimum absolute atomic E-state index is 0. The summed E-state index contributed by atoms with van der Waals surface area (Å²) in [6, 6.07) is 20.0. The van der Waals surface area contributed by atoms with E-state index >= 15 is 0 Å². The van der Waals surface area contributed by atoms with Crippen molar-refractivity contribution < 1.29 is 39.2 Å². The van der Waals surface area contributed by atoms with Crippen LogP contribution in [0.2, 0.25) is 0 Å². The number of benzene rings is 4. The molecule has 0 heterocycles. The van der Waals surface area contributed by atoms with Crippen LogP contribution in [0.3, 0.4) is 0 Å². The lowest BCUT2D eigenvalue weighted by atomic mass is 9.93. The molecule has 0 bridgehead atoms. The van der Waals surface area contributed by atoms with Crippen molar-refractivity contribution in [1.82, 2.24) is 4.90 Å². The molecule has 0 aromatic heterocycles. The van der Waals surface area contributed by atoms with Crippen molar-refractivity contribution in [2.75, 3.05) is 27.7 Å². The first-order valence-corrected chi connectivity index (χ1v) is 15.3. The standard InChI is InChI=1S/C20H21N.C19H18O8.ClH/c1-21(2)15-7-12-20-18-10-5-3-8-16(18)13-14-17-9-4-6-11-19(17)20;1-8-5-13(26-4)11(7-20)17(22)14(8)19(25)27-12-6-9(2)16(21)15(10(12)3)18(23)24;/h3-6,8-14H,7,15H2,1-2H3;5-7,21-22H,1-4H3,(H,23,24);1H. The van der Waals surface area contributed by atoms with Crippen LogP contribution in [0.5, 0.6) is 23.0 Å². The second-order valence-corrected chi connectivity index (χ2v) is 11.6. The molecule has 0 radical (unpaired) electrons. The van der Waals surface area contributed by atoms with Crippen molar-refractivity contribution in [3.63, 3.8) is 0 Å². The van der Waals surface area contributed by atoms with Gasteiger partial charge in [0.25, 0.3) is 0 Å². The number of carboxylic acids is 1. The molecule has 0 saturated carbocycles. The third-order valence-corrected chi connectivity index (χ3v) is 8.03. The topological polar surface area (TPSA) is 134 Å². The Hall–Kier alpha value is -5.38. The Morgan fingerprint density at radius 2 is 1.37 bits per heavy atom. The third-order valence-electron chi connectivity index (χ3n) is 8.03. The van der Waals surface area contributed by atoms with Gasteiger partial charge in [0.15, 0.2) is 6.29 Å². The number of nitrogens with zero attached hydrogens (tertiary/aromatic N) is 1. The normalized spacial score (nSPS) is 11.2. The van der Waals surface area contributed by atoms with Crippen molar-refractivity contribution in [2.24, 2.45) is 0 Å². The van der Waals surface area contributed by atoms with Crippen LogP contribution in [0.25, 0.3) is 17.7 Å². The fraction of sp³-hybridized carbons (Fsp3) is 0.205. The summed E-state index contributed by atoms with van der Waals surface area (Å²) < 4.78 is 10.3. The van der Waals surface area contributed by atoms with E-state index in [1.807, 2.05) is 0 Å². The third kappa shape index (κ3) is 8.38. The Labute approximate surface area is 292 Å². The van der Waals surface area contributed by atoms with Gasteiger partial charge < -0.3 is 29.7 Å². The van der Waals surface area contributed by atoms with Gasteiger partial charge >= 0.3 is 11.9 Å². The van der Waals surface area contributed by atoms with Gasteiger partial charge in [-0.3, -0.25) is 4.79 Å². The van der Waals surface area contributed by atoms with E-state index in [1.54, 1.807) is 0 Å². The number of hydrogen-bond donors (Lipinski definition) is 3. The SMILES string of the molecule is CN(C)CCC=C1c2ccccc2C=Cc2ccccc21.COc1cc(C)c(C(=O)Oc2cc(C)c(O)c(C(=O)O)c2C)c(O)c1C=O.Cl. The molecule has 3 N–H and O–H groups in total. The molecule has 0 aliphatic heterocycles. The lowest BCUT2D eigenvalue weighted by Gasteiger charge is -2.16. The van der Waals surface area contributed by atoms with E-state index in [4.69, 9.17) is 9.47 Å². The Bertz CT molecular complexity index is 1890. The number of esters is 1. The van der Waals surface area contributed by atoms with E-state index in [9.17, 15) is 29.7 Å². The molecule has 49 heavy (non-hydrogen) atoms. The van der Waals surface area contributed by atoms with E-state index < -0.39 is 23.4 Å². The van der Waals surface area contributed by atoms with Gasteiger partial charge in [-0.05, 0) is 92.4 Å². The highest BCUT2D eigenvalue weighted by atomic mass is 35.5. The summed E-state index contributed by atoms with van der Waals surface area (Å²) in [6.45, 7) is 5.42. The fourth-order valence-electron chi connectivity index (χ4n) is 5.50. The molecular weight excluding hydrogens is 646 g/mol. The van der Waals surface area contributed by atoms with Gasteiger partial charge in [0, 0.05) is 12.1 Å². The first kappa shape index (κ1) is 38.1. The van der Waals surface area contributed by atoms with Gasteiger partial charge in [-0.2, -0.15) is 0 Å². The number of hydrogen-bond acceptors (Lipinski definition) is 8. The number of phenols is 2. The van der Waals surface area contributed by atoms with Gasteiger partial charge in [-0.15, -0.1) is 12.4 Å². The zero-order valence-electron chi connectivity index (χ0n) is 28.2. The summed E-state index contributed by atoms with van der Waals surface area (Å²) in [7, 11) is 5.55. The number of halogens is 1. The minimum Gasteiger partial charge on any atom is -0.507 e. The van der Waals surface area contributed by atoms with E-state index in [2.05, 4.69) is 85.8 Å². The molecule has 0 saturated heterocycles. The summed E-state index contributed by atoms with van der Waals surface area (Å²) in [5, 5.41) is 29.5. The molecule has 9 nitrogen and oxygen atoms in total. The number of carbonyl (C=O) groups excluding carboxylic acids is 2. The molecule has 1 aliphatic rings. The molecule has 4 aromatic carbocycles. The molecule has 256 valence electrons. The molecule has 0 spiro atoms. The number of ether oxygens (including phenoxy) is 2.